The third-order valence-electron chi connectivity index (χ3n) is 4.21. The molecule has 4 rings (SSSR count). The van der Waals surface area contributed by atoms with Crippen molar-refractivity contribution < 1.29 is 33.2 Å². The lowest BCUT2D eigenvalue weighted by molar-refractivity contribution is -0.134. The van der Waals surface area contributed by atoms with Crippen LogP contribution in [0.3, 0.4) is 0 Å². The largest absolute Gasteiger partial charge is 0.493 e. The van der Waals surface area contributed by atoms with Gasteiger partial charge in [-0.25, -0.2) is 0 Å². The molecule has 2 aliphatic rings. The van der Waals surface area contributed by atoms with Crippen molar-refractivity contribution in [3.63, 3.8) is 0 Å². The molecule has 2 aliphatic heterocycles. The first-order valence-electron chi connectivity index (χ1n) is 8.91. The summed E-state index contributed by atoms with van der Waals surface area (Å²) >= 11 is 0. The Balaban J connectivity index is 1.12. The molecule has 0 N–H and O–H groups in total. The van der Waals surface area contributed by atoms with E-state index in [2.05, 4.69) is 0 Å². The van der Waals surface area contributed by atoms with E-state index >= 15 is 0 Å². The van der Waals surface area contributed by atoms with Crippen LogP contribution in [0.25, 0.3) is 0 Å². The summed E-state index contributed by atoms with van der Waals surface area (Å²) in [7, 11) is 0. The second-order valence-corrected chi connectivity index (χ2v) is 6.16. The maximum atomic E-state index is 11.9. The third-order valence-corrected chi connectivity index (χ3v) is 4.21. The van der Waals surface area contributed by atoms with Crippen molar-refractivity contribution in [2.75, 3.05) is 20.2 Å². The zero-order chi connectivity index (χ0) is 18.5. The number of benzene rings is 2. The van der Waals surface area contributed by atoms with Gasteiger partial charge < -0.3 is 28.4 Å². The monoisotopic (exact) mass is 372 g/mol. The van der Waals surface area contributed by atoms with Gasteiger partial charge in [-0.3, -0.25) is 4.79 Å². The Morgan fingerprint density at radius 3 is 2.15 bits per heavy atom. The Labute approximate surface area is 156 Å². The summed E-state index contributed by atoms with van der Waals surface area (Å²) in [5, 5.41) is 0. The zero-order valence-corrected chi connectivity index (χ0v) is 14.8. The molecule has 0 spiro atoms. The molecule has 0 fully saturated rings. The van der Waals surface area contributed by atoms with Crippen LogP contribution in [0, 0.1) is 0 Å². The van der Waals surface area contributed by atoms with E-state index in [1.54, 1.807) is 18.2 Å². The van der Waals surface area contributed by atoms with Gasteiger partial charge in [-0.1, -0.05) is 0 Å². The van der Waals surface area contributed by atoms with Crippen LogP contribution in [-0.2, 0) is 4.79 Å². The first-order chi connectivity index (χ1) is 13.3. The van der Waals surface area contributed by atoms with Crippen LogP contribution in [0.2, 0.25) is 0 Å². The Morgan fingerprint density at radius 2 is 1.41 bits per heavy atom. The van der Waals surface area contributed by atoms with Crippen molar-refractivity contribution >= 4 is 5.97 Å². The van der Waals surface area contributed by atoms with Gasteiger partial charge in [0.15, 0.2) is 23.0 Å². The topological polar surface area (TPSA) is 72.5 Å². The molecule has 0 aliphatic carbocycles. The number of ether oxygens (including phenoxy) is 6. The van der Waals surface area contributed by atoms with Crippen molar-refractivity contribution in [2.24, 2.45) is 0 Å². The van der Waals surface area contributed by atoms with Gasteiger partial charge in [-0.05, 0) is 43.5 Å². The Morgan fingerprint density at radius 1 is 0.778 bits per heavy atom. The van der Waals surface area contributed by atoms with Crippen LogP contribution in [0.4, 0.5) is 0 Å². The van der Waals surface area contributed by atoms with Crippen LogP contribution < -0.4 is 28.4 Å². The second kappa shape index (κ2) is 8.07. The normalized spacial score (nSPS) is 13.5. The minimum Gasteiger partial charge on any atom is -0.493 e. The molecular formula is C20H20O7. The van der Waals surface area contributed by atoms with E-state index in [1.807, 2.05) is 18.2 Å². The summed E-state index contributed by atoms with van der Waals surface area (Å²) in [6, 6.07) is 10.6. The van der Waals surface area contributed by atoms with Gasteiger partial charge in [-0.15, -0.1) is 0 Å². The number of fused-ring (bicyclic) bond motifs is 2. The lowest BCUT2D eigenvalue weighted by Crippen LogP contribution is -2.07. The van der Waals surface area contributed by atoms with Crippen molar-refractivity contribution in [1.82, 2.24) is 0 Å². The average Bonchev–Trinajstić information content (AvgIpc) is 3.32. The quantitative estimate of drug-likeness (QED) is 0.397. The van der Waals surface area contributed by atoms with E-state index in [0.29, 0.717) is 36.0 Å². The minimum atomic E-state index is -0.259. The van der Waals surface area contributed by atoms with Gasteiger partial charge in [0, 0.05) is 18.6 Å². The SMILES string of the molecule is O=C(CCCCCOc1ccc2c(c1)OCO2)Oc1ccc2c(c1)OCO2. The summed E-state index contributed by atoms with van der Waals surface area (Å²) < 4.78 is 32.1. The van der Waals surface area contributed by atoms with Gasteiger partial charge in [-0.2, -0.15) is 0 Å². The fourth-order valence-corrected chi connectivity index (χ4v) is 2.83. The van der Waals surface area contributed by atoms with Gasteiger partial charge in [0.1, 0.15) is 11.5 Å². The minimum absolute atomic E-state index is 0.195. The average molecular weight is 372 g/mol. The molecule has 0 bridgehead atoms. The van der Waals surface area contributed by atoms with Crippen LogP contribution in [-0.4, -0.2) is 26.2 Å². The molecule has 0 aromatic heterocycles. The van der Waals surface area contributed by atoms with Crippen molar-refractivity contribution in [3.8, 4) is 34.5 Å². The molecule has 142 valence electrons. The smallest absolute Gasteiger partial charge is 0.311 e. The fourth-order valence-electron chi connectivity index (χ4n) is 2.83. The van der Waals surface area contributed by atoms with Gasteiger partial charge in [0.05, 0.1) is 6.61 Å². The highest BCUT2D eigenvalue weighted by Crippen LogP contribution is 2.36. The molecule has 2 heterocycles. The number of hydrogen-bond acceptors (Lipinski definition) is 7. The maximum absolute atomic E-state index is 11.9. The predicted molar refractivity (Wildman–Crippen MR) is 94.7 cm³/mol. The first kappa shape index (κ1) is 17.3. The summed E-state index contributed by atoms with van der Waals surface area (Å²) in [5.41, 5.74) is 0. The van der Waals surface area contributed by atoms with E-state index in [4.69, 9.17) is 28.4 Å². The number of hydrogen-bond donors (Lipinski definition) is 0. The third kappa shape index (κ3) is 4.36. The molecule has 0 atom stereocenters. The molecule has 7 nitrogen and oxygen atoms in total. The van der Waals surface area contributed by atoms with Crippen LogP contribution in [0.1, 0.15) is 25.7 Å². The number of rotatable bonds is 8. The lowest BCUT2D eigenvalue weighted by atomic mass is 10.2. The molecule has 27 heavy (non-hydrogen) atoms. The highest BCUT2D eigenvalue weighted by molar-refractivity contribution is 5.72. The van der Waals surface area contributed by atoms with Crippen LogP contribution >= 0.6 is 0 Å². The predicted octanol–water partition coefficient (Wildman–Crippen LogP) is 3.69. The Kier molecular flexibility index (Phi) is 5.18. The van der Waals surface area contributed by atoms with Crippen LogP contribution in [0.5, 0.6) is 34.5 Å². The summed E-state index contributed by atoms with van der Waals surface area (Å²) in [4.78, 5) is 11.9. The van der Waals surface area contributed by atoms with E-state index in [1.165, 1.54) is 0 Å². The molecule has 0 radical (unpaired) electrons. The van der Waals surface area contributed by atoms with Gasteiger partial charge >= 0.3 is 5.97 Å². The zero-order valence-electron chi connectivity index (χ0n) is 14.8. The fraction of sp³-hybridized carbons (Fsp3) is 0.350. The molecule has 0 saturated heterocycles. The molecule has 0 unspecified atom stereocenters. The summed E-state index contributed by atoms with van der Waals surface area (Å²) in [6.07, 6.45) is 2.83. The second-order valence-electron chi connectivity index (χ2n) is 6.16. The van der Waals surface area contributed by atoms with E-state index in [-0.39, 0.29) is 19.6 Å². The first-order valence-corrected chi connectivity index (χ1v) is 8.91. The molecule has 0 saturated carbocycles. The van der Waals surface area contributed by atoms with E-state index in [0.717, 1.165) is 30.8 Å². The highest BCUT2D eigenvalue weighted by atomic mass is 16.7. The standard InChI is InChI=1S/C20H20O7/c21-20(27-15-6-8-17-19(11-15)26-13-24-17)4-2-1-3-9-22-14-5-7-16-18(10-14)25-12-23-16/h5-8,10-11H,1-4,9,12-13H2. The van der Waals surface area contributed by atoms with Crippen LogP contribution in [0.15, 0.2) is 36.4 Å². The molecule has 7 heteroatoms. The summed E-state index contributed by atoms with van der Waals surface area (Å²) in [5.74, 6) is 3.67. The van der Waals surface area contributed by atoms with Crippen molar-refractivity contribution in [1.29, 1.82) is 0 Å². The molecule has 0 amide bonds. The number of esters is 1. The molecule has 2 aromatic carbocycles. The Hall–Kier alpha value is -3.09. The number of unbranched alkanes of at least 4 members (excludes halogenated alkanes) is 2. The van der Waals surface area contributed by atoms with Crippen molar-refractivity contribution in [2.45, 2.75) is 25.7 Å². The van der Waals surface area contributed by atoms with Gasteiger partial charge in [0.2, 0.25) is 13.6 Å². The van der Waals surface area contributed by atoms with Crippen molar-refractivity contribution in [3.05, 3.63) is 36.4 Å². The highest BCUT2D eigenvalue weighted by Gasteiger charge is 2.15. The lowest BCUT2D eigenvalue weighted by Gasteiger charge is -2.07. The van der Waals surface area contributed by atoms with E-state index < -0.39 is 0 Å². The summed E-state index contributed by atoms with van der Waals surface area (Å²) in [6.45, 7) is 1.03. The number of carbonyl (C=O) groups excluding carboxylic acids is 1. The van der Waals surface area contributed by atoms with E-state index in [9.17, 15) is 4.79 Å². The molecular weight excluding hydrogens is 352 g/mol. The number of carbonyl (C=O) groups is 1. The molecule has 2 aromatic rings. The maximum Gasteiger partial charge on any atom is 0.311 e. The van der Waals surface area contributed by atoms with Gasteiger partial charge in [0.25, 0.3) is 0 Å². The Bertz CT molecular complexity index is 818.